The van der Waals surface area contributed by atoms with Crippen LogP contribution in [0.2, 0.25) is 0 Å². The zero-order valence-electron chi connectivity index (χ0n) is 10.9. The van der Waals surface area contributed by atoms with E-state index in [1.165, 1.54) is 0 Å². The molecule has 0 amide bonds. The Hall–Kier alpha value is -1.35. The van der Waals surface area contributed by atoms with E-state index in [1.54, 1.807) is 0 Å². The zero-order chi connectivity index (χ0) is 13.0. The van der Waals surface area contributed by atoms with Gasteiger partial charge in [0.05, 0.1) is 0 Å². The summed E-state index contributed by atoms with van der Waals surface area (Å²) < 4.78 is 5.44. The monoisotopic (exact) mass is 236 g/mol. The lowest BCUT2D eigenvalue weighted by molar-refractivity contribution is -0.151. The first-order valence-electron chi connectivity index (χ1n) is 5.89. The molecule has 1 aromatic rings. The molecular weight excluding hydrogens is 216 g/mol. The van der Waals surface area contributed by atoms with Crippen LogP contribution in [0.4, 0.5) is 0 Å². The lowest BCUT2D eigenvalue weighted by Crippen LogP contribution is -2.18. The summed E-state index contributed by atoms with van der Waals surface area (Å²) >= 11 is 0. The summed E-state index contributed by atoms with van der Waals surface area (Å²) in [5.41, 5.74) is 3.89. The lowest BCUT2D eigenvalue weighted by atomic mass is 9.95. The molecule has 0 bridgehead atoms. The first-order valence-corrected chi connectivity index (χ1v) is 5.89. The van der Waals surface area contributed by atoms with Crippen LogP contribution in [0.3, 0.4) is 0 Å². The minimum atomic E-state index is -0.923. The van der Waals surface area contributed by atoms with E-state index in [1.807, 2.05) is 39.8 Å². The molecule has 0 heterocycles. The molecule has 0 radical (unpaired) electrons. The van der Waals surface area contributed by atoms with E-state index in [-0.39, 0.29) is 0 Å². The van der Waals surface area contributed by atoms with Crippen molar-refractivity contribution in [3.63, 3.8) is 0 Å². The number of benzene rings is 1. The average Bonchev–Trinajstić information content (AvgIpc) is 2.20. The molecule has 1 aromatic carbocycles. The average molecular weight is 236 g/mol. The summed E-state index contributed by atoms with van der Waals surface area (Å²) in [5, 5.41) is 9.25. The quantitative estimate of drug-likeness (QED) is 0.854. The van der Waals surface area contributed by atoms with Gasteiger partial charge in [-0.3, -0.25) is 0 Å². The van der Waals surface area contributed by atoms with Gasteiger partial charge in [0.1, 0.15) is 0 Å². The summed E-state index contributed by atoms with van der Waals surface area (Å²) in [6, 6.07) is 3.99. The SMILES string of the molecule is CCCOC(C(=O)O)c1c(C)cc(C)cc1C. The van der Waals surface area contributed by atoms with Crippen LogP contribution in [0.25, 0.3) is 0 Å². The zero-order valence-corrected chi connectivity index (χ0v) is 10.9. The Kier molecular flexibility index (Phi) is 4.70. The van der Waals surface area contributed by atoms with Gasteiger partial charge in [0, 0.05) is 6.61 Å². The van der Waals surface area contributed by atoms with Gasteiger partial charge in [-0.1, -0.05) is 24.6 Å². The predicted molar refractivity (Wildman–Crippen MR) is 67.3 cm³/mol. The molecule has 0 aliphatic rings. The maximum absolute atomic E-state index is 11.3. The molecule has 1 atom stereocenters. The topological polar surface area (TPSA) is 46.5 Å². The third-order valence-corrected chi connectivity index (χ3v) is 2.71. The van der Waals surface area contributed by atoms with Gasteiger partial charge >= 0.3 is 5.97 Å². The van der Waals surface area contributed by atoms with Gasteiger partial charge in [-0.15, -0.1) is 0 Å². The second kappa shape index (κ2) is 5.82. The van der Waals surface area contributed by atoms with E-state index in [4.69, 9.17) is 4.74 Å². The largest absolute Gasteiger partial charge is 0.479 e. The summed E-state index contributed by atoms with van der Waals surface area (Å²) in [5.74, 6) is -0.923. The fourth-order valence-electron chi connectivity index (χ4n) is 2.12. The maximum atomic E-state index is 11.3. The first-order chi connectivity index (χ1) is 7.97. The summed E-state index contributed by atoms with van der Waals surface area (Å²) in [4.78, 5) is 11.3. The fourth-order valence-corrected chi connectivity index (χ4v) is 2.12. The van der Waals surface area contributed by atoms with Crippen LogP contribution in [-0.2, 0) is 9.53 Å². The van der Waals surface area contributed by atoms with Crippen LogP contribution in [0.1, 0.15) is 41.7 Å². The molecule has 0 saturated heterocycles. The van der Waals surface area contributed by atoms with Crippen molar-refractivity contribution in [2.24, 2.45) is 0 Å². The minimum Gasteiger partial charge on any atom is -0.479 e. The summed E-state index contributed by atoms with van der Waals surface area (Å²) in [7, 11) is 0. The maximum Gasteiger partial charge on any atom is 0.337 e. The molecule has 17 heavy (non-hydrogen) atoms. The molecular formula is C14H20O3. The molecule has 3 nitrogen and oxygen atoms in total. The Balaban J connectivity index is 3.14. The number of hydrogen-bond acceptors (Lipinski definition) is 2. The Bertz CT molecular complexity index is 387. The van der Waals surface area contributed by atoms with Gasteiger partial charge in [0.15, 0.2) is 6.10 Å². The van der Waals surface area contributed by atoms with E-state index < -0.39 is 12.1 Å². The van der Waals surface area contributed by atoms with Gasteiger partial charge in [-0.25, -0.2) is 4.79 Å². The Morgan fingerprint density at radius 2 is 1.82 bits per heavy atom. The highest BCUT2D eigenvalue weighted by Gasteiger charge is 2.24. The molecule has 1 unspecified atom stereocenters. The molecule has 3 heteroatoms. The number of hydrogen-bond donors (Lipinski definition) is 1. The first kappa shape index (κ1) is 13.7. The van der Waals surface area contributed by atoms with E-state index in [2.05, 4.69) is 0 Å². The third kappa shape index (κ3) is 3.30. The van der Waals surface area contributed by atoms with E-state index >= 15 is 0 Å². The fraction of sp³-hybridized carbons (Fsp3) is 0.500. The van der Waals surface area contributed by atoms with Crippen LogP contribution < -0.4 is 0 Å². The lowest BCUT2D eigenvalue weighted by Gasteiger charge is -2.19. The van der Waals surface area contributed by atoms with Gasteiger partial charge in [-0.2, -0.15) is 0 Å². The van der Waals surface area contributed by atoms with Crippen molar-refractivity contribution in [1.29, 1.82) is 0 Å². The molecule has 1 rings (SSSR count). The van der Waals surface area contributed by atoms with Crippen molar-refractivity contribution in [2.75, 3.05) is 6.61 Å². The predicted octanol–water partition coefficient (Wildman–Crippen LogP) is 3.16. The summed E-state index contributed by atoms with van der Waals surface area (Å²) in [6.07, 6.45) is -0.0381. The second-order valence-electron chi connectivity index (χ2n) is 4.40. The number of carboxylic acids is 1. The highest BCUT2D eigenvalue weighted by Crippen LogP contribution is 2.26. The van der Waals surface area contributed by atoms with Crippen molar-refractivity contribution in [1.82, 2.24) is 0 Å². The van der Waals surface area contributed by atoms with Crippen LogP contribution >= 0.6 is 0 Å². The summed E-state index contributed by atoms with van der Waals surface area (Å²) in [6.45, 7) is 8.30. The smallest absolute Gasteiger partial charge is 0.337 e. The van der Waals surface area contributed by atoms with E-state index in [0.717, 1.165) is 28.7 Å². The van der Waals surface area contributed by atoms with Gasteiger partial charge < -0.3 is 9.84 Å². The number of ether oxygens (including phenoxy) is 1. The Morgan fingerprint density at radius 3 is 2.24 bits per heavy atom. The highest BCUT2D eigenvalue weighted by atomic mass is 16.5. The normalized spacial score (nSPS) is 12.5. The molecule has 0 aliphatic heterocycles. The van der Waals surface area contributed by atoms with Crippen molar-refractivity contribution in [3.05, 3.63) is 34.4 Å². The molecule has 0 spiro atoms. The van der Waals surface area contributed by atoms with E-state index in [9.17, 15) is 9.90 Å². The number of aliphatic carboxylic acids is 1. The number of aryl methyl sites for hydroxylation is 3. The van der Waals surface area contributed by atoms with E-state index in [0.29, 0.717) is 6.61 Å². The molecule has 94 valence electrons. The van der Waals surface area contributed by atoms with Gasteiger partial charge in [0.25, 0.3) is 0 Å². The Morgan fingerprint density at radius 1 is 1.29 bits per heavy atom. The van der Waals surface area contributed by atoms with Crippen LogP contribution in [0.15, 0.2) is 12.1 Å². The highest BCUT2D eigenvalue weighted by molar-refractivity contribution is 5.75. The molecule has 0 saturated carbocycles. The molecule has 0 fully saturated rings. The van der Waals surface area contributed by atoms with Gasteiger partial charge in [-0.05, 0) is 43.9 Å². The molecule has 1 N–H and O–H groups in total. The van der Waals surface area contributed by atoms with Crippen LogP contribution in [-0.4, -0.2) is 17.7 Å². The van der Waals surface area contributed by atoms with Crippen molar-refractivity contribution < 1.29 is 14.6 Å². The van der Waals surface area contributed by atoms with Crippen LogP contribution in [0.5, 0.6) is 0 Å². The van der Waals surface area contributed by atoms with Crippen molar-refractivity contribution in [2.45, 2.75) is 40.2 Å². The van der Waals surface area contributed by atoms with Gasteiger partial charge in [0.2, 0.25) is 0 Å². The van der Waals surface area contributed by atoms with Crippen molar-refractivity contribution in [3.8, 4) is 0 Å². The number of rotatable bonds is 5. The third-order valence-electron chi connectivity index (χ3n) is 2.71. The van der Waals surface area contributed by atoms with Crippen LogP contribution in [0, 0.1) is 20.8 Å². The minimum absolute atomic E-state index is 0.462. The Labute approximate surface area is 102 Å². The number of carbonyl (C=O) groups is 1. The molecule has 0 aliphatic carbocycles. The van der Waals surface area contributed by atoms with Crippen molar-refractivity contribution >= 4 is 5.97 Å². The second-order valence-corrected chi connectivity index (χ2v) is 4.40. The number of carboxylic acid groups (broad SMARTS) is 1. The standard InChI is InChI=1S/C14H20O3/c1-5-6-17-13(14(15)16)12-10(3)7-9(2)8-11(12)4/h7-8,13H,5-6H2,1-4H3,(H,15,16). The molecule has 0 aromatic heterocycles.